The topological polar surface area (TPSA) is 127 Å². The normalized spacial score (nSPS) is 17.8. The lowest BCUT2D eigenvalue weighted by molar-refractivity contribution is -0.00545. The number of ether oxygens (including phenoxy) is 1. The van der Waals surface area contributed by atoms with Gasteiger partial charge in [-0.15, -0.1) is 0 Å². The molecule has 4 heterocycles. The van der Waals surface area contributed by atoms with Gasteiger partial charge < -0.3 is 15.0 Å². The molecule has 0 spiro atoms. The zero-order chi connectivity index (χ0) is 27.7. The van der Waals surface area contributed by atoms with Crippen molar-refractivity contribution in [3.63, 3.8) is 0 Å². The van der Waals surface area contributed by atoms with E-state index in [-0.39, 0.29) is 34.2 Å². The van der Waals surface area contributed by atoms with Crippen LogP contribution in [0.3, 0.4) is 0 Å². The SMILES string of the molecule is C[C@@H]1CN(c2cccc(-c3cnc4cnc(CNC(=O)c5ccc(Cl)c(S(C)(=O)=O)c5)cc4n3)n2)C[C@H](C)O1. The Balaban J connectivity index is 1.34. The first-order valence-corrected chi connectivity index (χ1v) is 14.6. The van der Waals surface area contributed by atoms with Gasteiger partial charge in [0.25, 0.3) is 5.91 Å². The number of fused-ring (bicyclic) bond motifs is 1. The summed E-state index contributed by atoms with van der Waals surface area (Å²) >= 11 is 5.99. The Kier molecular flexibility index (Phi) is 7.48. The highest BCUT2D eigenvalue weighted by molar-refractivity contribution is 7.90. The number of hydrogen-bond donors (Lipinski definition) is 1. The molecule has 12 heteroatoms. The molecule has 1 N–H and O–H groups in total. The molecule has 1 amide bonds. The molecule has 202 valence electrons. The molecule has 1 aliphatic rings. The second kappa shape index (κ2) is 10.8. The number of halogens is 1. The van der Waals surface area contributed by atoms with Gasteiger partial charge in [0.05, 0.1) is 58.0 Å². The Bertz CT molecular complexity index is 1660. The van der Waals surface area contributed by atoms with Crippen molar-refractivity contribution in [1.82, 2.24) is 25.3 Å². The maximum absolute atomic E-state index is 12.7. The minimum absolute atomic E-state index is 0.0636. The van der Waals surface area contributed by atoms with Crippen LogP contribution < -0.4 is 10.2 Å². The number of anilines is 1. The molecule has 0 radical (unpaired) electrons. The number of carbonyl (C=O) groups excluding carboxylic acids is 1. The molecular weight excluding hydrogens is 540 g/mol. The summed E-state index contributed by atoms with van der Waals surface area (Å²) in [5.74, 6) is 0.404. The Morgan fingerprint density at radius 3 is 2.54 bits per heavy atom. The Morgan fingerprint density at radius 2 is 1.79 bits per heavy atom. The number of nitrogens with one attached hydrogen (secondary N) is 1. The van der Waals surface area contributed by atoms with Crippen molar-refractivity contribution in [3.8, 4) is 11.4 Å². The maximum atomic E-state index is 12.7. The van der Waals surface area contributed by atoms with E-state index in [2.05, 4.69) is 34.0 Å². The fraction of sp³-hybridized carbons (Fsp3) is 0.296. The summed E-state index contributed by atoms with van der Waals surface area (Å²) in [5.41, 5.74) is 3.28. The minimum Gasteiger partial charge on any atom is -0.372 e. The van der Waals surface area contributed by atoms with Crippen molar-refractivity contribution in [2.24, 2.45) is 0 Å². The molecule has 0 bridgehead atoms. The van der Waals surface area contributed by atoms with Gasteiger partial charge in [-0.2, -0.15) is 0 Å². The third-order valence-corrected chi connectivity index (χ3v) is 7.83. The molecule has 0 unspecified atom stereocenters. The number of rotatable bonds is 6. The number of aromatic nitrogens is 4. The Labute approximate surface area is 231 Å². The minimum atomic E-state index is -3.58. The van der Waals surface area contributed by atoms with Crippen LogP contribution >= 0.6 is 11.6 Å². The number of morpholine rings is 1. The van der Waals surface area contributed by atoms with Gasteiger partial charge >= 0.3 is 0 Å². The van der Waals surface area contributed by atoms with Gasteiger partial charge in [-0.05, 0) is 50.2 Å². The summed E-state index contributed by atoms with van der Waals surface area (Å²) in [7, 11) is -3.58. The molecule has 39 heavy (non-hydrogen) atoms. The zero-order valence-corrected chi connectivity index (χ0v) is 23.2. The van der Waals surface area contributed by atoms with Crippen LogP contribution in [0.1, 0.15) is 29.9 Å². The van der Waals surface area contributed by atoms with Gasteiger partial charge in [-0.1, -0.05) is 17.7 Å². The second-order valence-electron chi connectivity index (χ2n) is 9.56. The molecule has 2 atom stereocenters. The third kappa shape index (κ3) is 6.16. The van der Waals surface area contributed by atoms with E-state index in [0.717, 1.165) is 25.2 Å². The van der Waals surface area contributed by atoms with Gasteiger partial charge in [0.1, 0.15) is 17.0 Å². The first kappa shape index (κ1) is 26.9. The monoisotopic (exact) mass is 566 g/mol. The number of benzene rings is 1. The highest BCUT2D eigenvalue weighted by Crippen LogP contribution is 2.24. The van der Waals surface area contributed by atoms with Crippen molar-refractivity contribution >= 4 is 44.2 Å². The summed E-state index contributed by atoms with van der Waals surface area (Å²) in [4.78, 5) is 33.2. The molecule has 1 aromatic carbocycles. The smallest absolute Gasteiger partial charge is 0.251 e. The first-order chi connectivity index (χ1) is 18.6. The van der Waals surface area contributed by atoms with Crippen LogP contribution in [-0.4, -0.2) is 65.8 Å². The summed E-state index contributed by atoms with van der Waals surface area (Å²) in [6.07, 6.45) is 4.54. The van der Waals surface area contributed by atoms with E-state index in [4.69, 9.17) is 26.3 Å². The average Bonchev–Trinajstić information content (AvgIpc) is 2.90. The highest BCUT2D eigenvalue weighted by Gasteiger charge is 2.23. The summed E-state index contributed by atoms with van der Waals surface area (Å²) < 4.78 is 29.7. The molecule has 1 aliphatic heterocycles. The molecule has 4 aromatic rings. The average molecular weight is 567 g/mol. The fourth-order valence-electron chi connectivity index (χ4n) is 4.49. The van der Waals surface area contributed by atoms with Crippen LogP contribution in [0.4, 0.5) is 5.82 Å². The van der Waals surface area contributed by atoms with E-state index in [1.165, 1.54) is 18.2 Å². The van der Waals surface area contributed by atoms with E-state index in [1.54, 1.807) is 18.5 Å². The summed E-state index contributed by atoms with van der Waals surface area (Å²) in [6, 6.07) is 11.7. The van der Waals surface area contributed by atoms with E-state index in [0.29, 0.717) is 28.1 Å². The van der Waals surface area contributed by atoms with Gasteiger partial charge in [0.15, 0.2) is 9.84 Å². The standard InChI is InChI=1S/C27H27ClN6O4S/c1-16-14-34(15-17(2)38-16)26-6-4-5-21(33-26)24-13-30-23-12-29-19(10-22(23)32-24)11-31-27(35)18-7-8-20(28)25(9-18)39(3,36)37/h4-10,12-13,16-17H,11,14-15H2,1-3H3,(H,31,35)/t16-,17+. The van der Waals surface area contributed by atoms with Gasteiger partial charge in [0.2, 0.25) is 0 Å². The lowest BCUT2D eigenvalue weighted by Crippen LogP contribution is -2.45. The molecule has 5 rings (SSSR count). The van der Waals surface area contributed by atoms with Gasteiger partial charge in [-0.25, -0.2) is 18.4 Å². The largest absolute Gasteiger partial charge is 0.372 e. The molecule has 10 nitrogen and oxygen atoms in total. The van der Waals surface area contributed by atoms with E-state index in [9.17, 15) is 13.2 Å². The second-order valence-corrected chi connectivity index (χ2v) is 12.0. The van der Waals surface area contributed by atoms with E-state index >= 15 is 0 Å². The van der Waals surface area contributed by atoms with Gasteiger partial charge in [0, 0.05) is 24.9 Å². The van der Waals surface area contributed by atoms with Crippen molar-refractivity contribution in [1.29, 1.82) is 0 Å². The van der Waals surface area contributed by atoms with Crippen LogP contribution in [0.2, 0.25) is 5.02 Å². The van der Waals surface area contributed by atoms with Crippen molar-refractivity contribution in [3.05, 3.63) is 71.1 Å². The third-order valence-electron chi connectivity index (χ3n) is 6.25. The molecule has 1 saturated heterocycles. The van der Waals surface area contributed by atoms with Crippen LogP contribution in [0, 0.1) is 0 Å². The predicted octanol–water partition coefficient (Wildman–Crippen LogP) is 3.69. The summed E-state index contributed by atoms with van der Waals surface area (Å²) in [6.45, 7) is 5.74. The van der Waals surface area contributed by atoms with Crippen molar-refractivity contribution < 1.29 is 17.9 Å². The number of pyridine rings is 2. The molecule has 0 saturated carbocycles. The number of amides is 1. The molecule has 3 aromatic heterocycles. The van der Waals surface area contributed by atoms with Crippen molar-refractivity contribution in [2.75, 3.05) is 24.2 Å². The van der Waals surface area contributed by atoms with E-state index < -0.39 is 15.7 Å². The Hall–Kier alpha value is -3.67. The molecular formula is C27H27ClN6O4S. The Morgan fingerprint density at radius 1 is 1.03 bits per heavy atom. The molecule has 0 aliphatic carbocycles. The number of carbonyl (C=O) groups is 1. The summed E-state index contributed by atoms with van der Waals surface area (Å²) in [5, 5.41) is 2.82. The number of sulfone groups is 1. The van der Waals surface area contributed by atoms with E-state index in [1.807, 2.05) is 18.2 Å². The van der Waals surface area contributed by atoms with Crippen LogP contribution in [-0.2, 0) is 21.1 Å². The molecule has 1 fully saturated rings. The predicted molar refractivity (Wildman–Crippen MR) is 149 cm³/mol. The number of hydrogen-bond acceptors (Lipinski definition) is 9. The highest BCUT2D eigenvalue weighted by atomic mass is 35.5. The lowest BCUT2D eigenvalue weighted by Gasteiger charge is -2.36. The van der Waals surface area contributed by atoms with Crippen LogP contribution in [0.5, 0.6) is 0 Å². The van der Waals surface area contributed by atoms with Gasteiger partial charge in [-0.3, -0.25) is 14.8 Å². The maximum Gasteiger partial charge on any atom is 0.251 e. The zero-order valence-electron chi connectivity index (χ0n) is 21.6. The van der Waals surface area contributed by atoms with Crippen LogP contribution in [0.15, 0.2) is 59.8 Å². The van der Waals surface area contributed by atoms with Crippen molar-refractivity contribution in [2.45, 2.75) is 37.5 Å². The quantitative estimate of drug-likeness (QED) is 0.371. The fourth-order valence-corrected chi connectivity index (χ4v) is 5.79. The van der Waals surface area contributed by atoms with Crippen LogP contribution in [0.25, 0.3) is 22.4 Å². The lowest BCUT2D eigenvalue weighted by atomic mass is 10.2. The first-order valence-electron chi connectivity index (χ1n) is 12.3. The number of nitrogens with zero attached hydrogens (tertiary/aromatic N) is 5.